The van der Waals surface area contributed by atoms with E-state index in [2.05, 4.69) is 0 Å². The van der Waals surface area contributed by atoms with Crippen molar-refractivity contribution >= 4 is 6.47 Å². The number of carbonyl (C=O) groups is 1. The van der Waals surface area contributed by atoms with Gasteiger partial charge in [-0.15, -0.1) is 0 Å². The fourth-order valence-corrected chi connectivity index (χ4v) is 0.749. The number of nitriles is 1. The highest BCUT2D eigenvalue weighted by Gasteiger charge is 1.99. The summed E-state index contributed by atoms with van der Waals surface area (Å²) in [6.45, 7) is 1.51. The third-order valence-corrected chi connectivity index (χ3v) is 1.36. The molecule has 0 spiro atoms. The molecule has 0 aliphatic heterocycles. The van der Waals surface area contributed by atoms with Gasteiger partial charge < -0.3 is 10.2 Å². The van der Waals surface area contributed by atoms with E-state index in [9.17, 15) is 5.11 Å². The molecule has 0 aliphatic rings. The van der Waals surface area contributed by atoms with Crippen LogP contribution < -0.4 is 0 Å². The molecule has 1 rings (SSSR count). The standard InChI is InChI=1S/C8H7NO.CH2O2/c1-6-3-2-4-7(5-9)8(6)10;2-1-3/h2-4,10H,1H3;1H,(H,2,3). The van der Waals surface area contributed by atoms with Crippen molar-refractivity contribution in [2.45, 2.75) is 6.92 Å². The number of nitrogens with zero attached hydrogens (tertiary/aromatic N) is 1. The van der Waals surface area contributed by atoms with Gasteiger partial charge in [-0.05, 0) is 18.6 Å². The molecule has 1 aromatic carbocycles. The van der Waals surface area contributed by atoms with Crippen LogP contribution in [-0.2, 0) is 4.79 Å². The Morgan fingerprint density at radius 3 is 2.46 bits per heavy atom. The van der Waals surface area contributed by atoms with E-state index in [0.29, 0.717) is 5.56 Å². The SMILES string of the molecule is Cc1cccc(C#N)c1O.O=CO. The second-order valence-corrected chi connectivity index (χ2v) is 2.19. The zero-order valence-electron chi connectivity index (χ0n) is 7.06. The molecular weight excluding hydrogens is 170 g/mol. The molecule has 0 saturated heterocycles. The zero-order valence-corrected chi connectivity index (χ0v) is 7.06. The van der Waals surface area contributed by atoms with Gasteiger partial charge in [0.15, 0.2) is 0 Å². The minimum atomic E-state index is -0.250. The molecule has 0 unspecified atom stereocenters. The van der Waals surface area contributed by atoms with Gasteiger partial charge >= 0.3 is 0 Å². The van der Waals surface area contributed by atoms with E-state index in [-0.39, 0.29) is 12.2 Å². The number of aromatic hydroxyl groups is 1. The summed E-state index contributed by atoms with van der Waals surface area (Å²) in [5.41, 5.74) is 1.07. The van der Waals surface area contributed by atoms with Gasteiger partial charge in [0.25, 0.3) is 6.47 Å². The van der Waals surface area contributed by atoms with Crippen LogP contribution in [0.2, 0.25) is 0 Å². The van der Waals surface area contributed by atoms with Crippen LogP contribution in [0.15, 0.2) is 18.2 Å². The van der Waals surface area contributed by atoms with Crippen LogP contribution >= 0.6 is 0 Å². The summed E-state index contributed by atoms with van der Waals surface area (Å²) in [5, 5.41) is 24.5. The van der Waals surface area contributed by atoms with E-state index in [1.165, 1.54) is 0 Å². The third-order valence-electron chi connectivity index (χ3n) is 1.36. The quantitative estimate of drug-likeness (QED) is 0.587. The van der Waals surface area contributed by atoms with E-state index in [0.717, 1.165) is 5.56 Å². The first-order valence-corrected chi connectivity index (χ1v) is 3.44. The van der Waals surface area contributed by atoms with Crippen molar-refractivity contribution in [3.05, 3.63) is 29.3 Å². The number of aryl methyl sites for hydroxylation is 1. The highest BCUT2D eigenvalue weighted by atomic mass is 16.3. The maximum atomic E-state index is 9.18. The van der Waals surface area contributed by atoms with Crippen LogP contribution in [-0.4, -0.2) is 16.7 Å². The van der Waals surface area contributed by atoms with Gasteiger partial charge in [-0.3, -0.25) is 4.79 Å². The smallest absolute Gasteiger partial charge is 0.290 e. The second kappa shape index (κ2) is 5.61. The average Bonchev–Trinajstić information content (AvgIpc) is 2.11. The van der Waals surface area contributed by atoms with Crippen LogP contribution in [0.3, 0.4) is 0 Å². The van der Waals surface area contributed by atoms with Crippen molar-refractivity contribution in [2.24, 2.45) is 0 Å². The summed E-state index contributed by atoms with van der Waals surface area (Å²) in [7, 11) is 0. The molecule has 4 heteroatoms. The number of carboxylic acid groups (broad SMARTS) is 1. The van der Waals surface area contributed by atoms with Crippen LogP contribution in [0.25, 0.3) is 0 Å². The Bertz CT molecular complexity index is 328. The van der Waals surface area contributed by atoms with Gasteiger partial charge in [0.1, 0.15) is 11.8 Å². The van der Waals surface area contributed by atoms with Crippen molar-refractivity contribution in [2.75, 3.05) is 0 Å². The summed E-state index contributed by atoms with van der Waals surface area (Å²) in [6.07, 6.45) is 0. The predicted octanol–water partition coefficient (Wildman–Crippen LogP) is 1.27. The molecule has 0 aromatic heterocycles. The fraction of sp³-hybridized carbons (Fsp3) is 0.111. The number of rotatable bonds is 0. The summed E-state index contributed by atoms with van der Waals surface area (Å²) >= 11 is 0. The Morgan fingerprint density at radius 1 is 1.54 bits per heavy atom. The van der Waals surface area contributed by atoms with Crippen LogP contribution in [0, 0.1) is 18.3 Å². The lowest BCUT2D eigenvalue weighted by Crippen LogP contribution is -1.78. The number of hydrogen-bond donors (Lipinski definition) is 2. The zero-order chi connectivity index (χ0) is 10.3. The molecule has 0 radical (unpaired) electrons. The van der Waals surface area contributed by atoms with Crippen LogP contribution in [0.1, 0.15) is 11.1 Å². The van der Waals surface area contributed by atoms with Gasteiger partial charge in [-0.1, -0.05) is 12.1 Å². The molecule has 0 heterocycles. The lowest BCUT2D eigenvalue weighted by molar-refractivity contribution is -0.122. The molecular formula is C9H9NO3. The summed E-state index contributed by atoms with van der Waals surface area (Å²) < 4.78 is 0. The molecule has 0 bridgehead atoms. The van der Waals surface area contributed by atoms with Gasteiger partial charge in [-0.25, -0.2) is 0 Å². The molecule has 0 amide bonds. The lowest BCUT2D eigenvalue weighted by atomic mass is 10.1. The summed E-state index contributed by atoms with van der Waals surface area (Å²) in [4.78, 5) is 8.36. The Morgan fingerprint density at radius 2 is 2.08 bits per heavy atom. The minimum Gasteiger partial charge on any atom is -0.506 e. The molecule has 4 nitrogen and oxygen atoms in total. The monoisotopic (exact) mass is 179 g/mol. The van der Waals surface area contributed by atoms with E-state index < -0.39 is 0 Å². The first-order chi connectivity index (χ1) is 6.17. The molecule has 0 saturated carbocycles. The molecule has 0 fully saturated rings. The van der Waals surface area contributed by atoms with Gasteiger partial charge in [0.2, 0.25) is 0 Å². The van der Waals surface area contributed by atoms with Crippen molar-refractivity contribution < 1.29 is 15.0 Å². The van der Waals surface area contributed by atoms with E-state index in [4.69, 9.17) is 15.2 Å². The second-order valence-electron chi connectivity index (χ2n) is 2.19. The van der Waals surface area contributed by atoms with Crippen molar-refractivity contribution in [1.29, 1.82) is 5.26 Å². The molecule has 2 N–H and O–H groups in total. The number of benzene rings is 1. The first-order valence-electron chi connectivity index (χ1n) is 3.44. The lowest BCUT2D eigenvalue weighted by Gasteiger charge is -1.97. The molecule has 1 aromatic rings. The Labute approximate surface area is 75.7 Å². The number of hydrogen-bond acceptors (Lipinski definition) is 3. The van der Waals surface area contributed by atoms with Crippen molar-refractivity contribution in [1.82, 2.24) is 0 Å². The normalized spacial score (nSPS) is 7.69. The maximum absolute atomic E-state index is 9.18. The minimum absolute atomic E-state index is 0.0880. The van der Waals surface area contributed by atoms with Crippen LogP contribution in [0.4, 0.5) is 0 Å². The number of para-hydroxylation sites is 1. The molecule has 13 heavy (non-hydrogen) atoms. The summed E-state index contributed by atoms with van der Waals surface area (Å²) in [5.74, 6) is 0.0880. The Balaban J connectivity index is 0.000000424. The highest BCUT2D eigenvalue weighted by molar-refractivity contribution is 5.46. The van der Waals surface area contributed by atoms with Gasteiger partial charge in [-0.2, -0.15) is 5.26 Å². The Hall–Kier alpha value is -2.02. The number of phenolic OH excluding ortho intramolecular Hbond substituents is 1. The highest BCUT2D eigenvalue weighted by Crippen LogP contribution is 2.19. The first kappa shape index (κ1) is 11.0. The predicted molar refractivity (Wildman–Crippen MR) is 46.3 cm³/mol. The molecule has 0 atom stereocenters. The Kier molecular flexibility index (Phi) is 4.74. The molecule has 68 valence electrons. The van der Waals surface area contributed by atoms with Gasteiger partial charge in [0, 0.05) is 0 Å². The topological polar surface area (TPSA) is 81.3 Å². The third kappa shape index (κ3) is 3.25. The summed E-state index contributed by atoms with van der Waals surface area (Å²) in [6, 6.07) is 6.98. The van der Waals surface area contributed by atoms with Crippen LogP contribution in [0.5, 0.6) is 5.75 Å². The fourth-order valence-electron chi connectivity index (χ4n) is 0.749. The van der Waals surface area contributed by atoms with E-state index >= 15 is 0 Å². The van der Waals surface area contributed by atoms with Crippen molar-refractivity contribution in [3.63, 3.8) is 0 Å². The average molecular weight is 179 g/mol. The maximum Gasteiger partial charge on any atom is 0.290 e. The largest absolute Gasteiger partial charge is 0.506 e. The molecule has 0 aliphatic carbocycles. The van der Waals surface area contributed by atoms with E-state index in [1.54, 1.807) is 25.1 Å². The number of phenols is 1. The van der Waals surface area contributed by atoms with Crippen molar-refractivity contribution in [3.8, 4) is 11.8 Å². The van der Waals surface area contributed by atoms with E-state index in [1.807, 2.05) is 6.07 Å². The van der Waals surface area contributed by atoms with Gasteiger partial charge in [0.05, 0.1) is 5.56 Å².